The van der Waals surface area contributed by atoms with E-state index >= 15 is 0 Å². The van der Waals surface area contributed by atoms with Gasteiger partial charge in [-0.2, -0.15) is 0 Å². The van der Waals surface area contributed by atoms with Crippen LogP contribution in [0.5, 0.6) is 0 Å². The van der Waals surface area contributed by atoms with Crippen molar-refractivity contribution in [1.82, 2.24) is 25.2 Å². The van der Waals surface area contributed by atoms with Crippen molar-refractivity contribution >= 4 is 33.4 Å². The smallest absolute Gasteiger partial charge is 0.275 e. The molecular weight excluding hydrogens is 336 g/mol. The van der Waals surface area contributed by atoms with E-state index in [4.69, 9.17) is 0 Å². The van der Waals surface area contributed by atoms with Crippen LogP contribution < -0.4 is 10.6 Å². The van der Waals surface area contributed by atoms with E-state index in [0.717, 1.165) is 22.3 Å². The fourth-order valence-electron chi connectivity index (χ4n) is 2.81. The molecule has 4 rings (SSSR count). The molecule has 3 aromatic heterocycles. The summed E-state index contributed by atoms with van der Waals surface area (Å²) in [7, 11) is 0. The van der Waals surface area contributed by atoms with Crippen LogP contribution in [0.4, 0.5) is 5.95 Å². The van der Waals surface area contributed by atoms with Crippen LogP contribution in [0.15, 0.2) is 36.0 Å². The molecule has 2 N–H and O–H groups in total. The Balaban J connectivity index is 1.67. The Morgan fingerprint density at radius 1 is 1.40 bits per heavy atom. The number of amides is 1. The van der Waals surface area contributed by atoms with Crippen LogP contribution in [-0.2, 0) is 0 Å². The predicted molar refractivity (Wildman–Crippen MR) is 97.6 cm³/mol. The Kier molecular flexibility index (Phi) is 4.29. The molecule has 128 valence electrons. The van der Waals surface area contributed by atoms with Crippen molar-refractivity contribution < 1.29 is 4.79 Å². The van der Waals surface area contributed by atoms with E-state index in [9.17, 15) is 4.79 Å². The van der Waals surface area contributed by atoms with Gasteiger partial charge in [-0.1, -0.05) is 6.07 Å². The highest BCUT2D eigenvalue weighted by atomic mass is 32.1. The number of anilines is 1. The van der Waals surface area contributed by atoms with Gasteiger partial charge in [-0.05, 0) is 30.0 Å². The summed E-state index contributed by atoms with van der Waals surface area (Å²) in [6.07, 6.45) is 3.55. The molecule has 0 aromatic carbocycles. The second kappa shape index (κ2) is 6.73. The van der Waals surface area contributed by atoms with Crippen molar-refractivity contribution in [3.63, 3.8) is 0 Å². The maximum Gasteiger partial charge on any atom is 0.275 e. The summed E-state index contributed by atoms with van der Waals surface area (Å²) in [4.78, 5) is 27.8. The highest BCUT2D eigenvalue weighted by molar-refractivity contribution is 7.17. The van der Waals surface area contributed by atoms with E-state index in [2.05, 4.69) is 25.6 Å². The molecule has 7 nitrogen and oxygen atoms in total. The lowest BCUT2D eigenvalue weighted by Crippen LogP contribution is -2.30. The molecule has 1 aliphatic heterocycles. The minimum Gasteiger partial charge on any atom is -0.348 e. The van der Waals surface area contributed by atoms with Crippen molar-refractivity contribution in [2.75, 3.05) is 25.1 Å². The van der Waals surface area contributed by atoms with Crippen molar-refractivity contribution in [2.45, 2.75) is 13.0 Å². The maximum absolute atomic E-state index is 12.8. The standard InChI is InChI=1S/C17H18N6OS/c1-11(12-3-2-5-18-9-12)20-17-21-13-4-8-25-15(13)14(22-17)16(24)23-7-6-19-10-23/h2-5,8-9,11,19H,6-7,10H2,1H3,(H,20,21,22). The van der Waals surface area contributed by atoms with Crippen molar-refractivity contribution in [2.24, 2.45) is 0 Å². The number of carbonyl (C=O) groups excluding carboxylic acids is 1. The highest BCUT2D eigenvalue weighted by Crippen LogP contribution is 2.26. The third-order valence-corrected chi connectivity index (χ3v) is 5.09. The number of aromatic nitrogens is 3. The Labute approximate surface area is 149 Å². The lowest BCUT2D eigenvalue weighted by molar-refractivity contribution is 0.0787. The first-order chi connectivity index (χ1) is 12.2. The summed E-state index contributed by atoms with van der Waals surface area (Å²) in [5.74, 6) is 0.398. The third-order valence-electron chi connectivity index (χ3n) is 4.18. The number of carbonyl (C=O) groups is 1. The number of hydrogen-bond donors (Lipinski definition) is 2. The van der Waals surface area contributed by atoms with Crippen molar-refractivity contribution in [1.29, 1.82) is 0 Å². The molecule has 0 saturated carbocycles. The zero-order valence-electron chi connectivity index (χ0n) is 13.8. The molecule has 1 amide bonds. The lowest BCUT2D eigenvalue weighted by Gasteiger charge is -2.17. The molecular formula is C17H18N6OS. The Bertz CT molecular complexity index is 891. The quantitative estimate of drug-likeness (QED) is 0.748. The fourth-order valence-corrected chi connectivity index (χ4v) is 3.62. The van der Waals surface area contributed by atoms with Crippen molar-refractivity contribution in [3.8, 4) is 0 Å². The van der Waals surface area contributed by atoms with Gasteiger partial charge in [0.05, 0.1) is 22.9 Å². The number of pyridine rings is 1. The van der Waals surface area contributed by atoms with Crippen LogP contribution >= 0.6 is 11.3 Å². The van der Waals surface area contributed by atoms with Gasteiger partial charge in [0.1, 0.15) is 0 Å². The van der Waals surface area contributed by atoms with Gasteiger partial charge in [0.25, 0.3) is 5.91 Å². The largest absolute Gasteiger partial charge is 0.348 e. The van der Waals surface area contributed by atoms with E-state index in [1.54, 1.807) is 11.1 Å². The average molecular weight is 354 g/mol. The van der Waals surface area contributed by atoms with Gasteiger partial charge >= 0.3 is 0 Å². The molecule has 1 fully saturated rings. The second-order valence-electron chi connectivity index (χ2n) is 5.91. The van der Waals surface area contributed by atoms with Gasteiger partial charge < -0.3 is 10.2 Å². The molecule has 1 unspecified atom stereocenters. The minimum absolute atomic E-state index is 0.0128. The fraction of sp³-hybridized carbons (Fsp3) is 0.294. The zero-order valence-corrected chi connectivity index (χ0v) is 14.6. The normalized spacial score (nSPS) is 15.5. The zero-order chi connectivity index (χ0) is 17.2. The highest BCUT2D eigenvalue weighted by Gasteiger charge is 2.24. The molecule has 1 aliphatic rings. The van der Waals surface area contributed by atoms with Gasteiger partial charge in [-0.15, -0.1) is 11.3 Å². The molecule has 1 atom stereocenters. The van der Waals surface area contributed by atoms with E-state index in [1.807, 2.05) is 36.7 Å². The lowest BCUT2D eigenvalue weighted by atomic mass is 10.1. The molecule has 3 aromatic rings. The molecule has 1 saturated heterocycles. The van der Waals surface area contributed by atoms with Gasteiger partial charge in [0.2, 0.25) is 5.95 Å². The first-order valence-corrected chi connectivity index (χ1v) is 9.02. The van der Waals surface area contributed by atoms with Crippen LogP contribution in [0.25, 0.3) is 10.2 Å². The van der Waals surface area contributed by atoms with Crippen LogP contribution in [-0.4, -0.2) is 45.5 Å². The third kappa shape index (κ3) is 3.18. The number of rotatable bonds is 4. The number of fused-ring (bicyclic) bond motifs is 1. The molecule has 4 heterocycles. The Hall–Kier alpha value is -2.58. The molecule has 0 radical (unpaired) electrons. The molecule has 8 heteroatoms. The Morgan fingerprint density at radius 3 is 3.08 bits per heavy atom. The van der Waals surface area contributed by atoms with E-state index in [-0.39, 0.29) is 11.9 Å². The summed E-state index contributed by atoms with van der Waals surface area (Å²) in [5, 5.41) is 8.39. The summed E-state index contributed by atoms with van der Waals surface area (Å²) in [6, 6.07) is 5.79. The Morgan fingerprint density at radius 2 is 2.32 bits per heavy atom. The SMILES string of the molecule is CC(Nc1nc(C(=O)N2CCNC2)c2sccc2n1)c1cccnc1. The van der Waals surface area contributed by atoms with E-state index in [0.29, 0.717) is 24.9 Å². The van der Waals surface area contributed by atoms with Gasteiger partial charge in [-0.25, -0.2) is 9.97 Å². The summed E-state index contributed by atoms with van der Waals surface area (Å²) in [6.45, 7) is 4.09. The summed E-state index contributed by atoms with van der Waals surface area (Å²) >= 11 is 1.49. The van der Waals surface area contributed by atoms with E-state index < -0.39 is 0 Å². The van der Waals surface area contributed by atoms with E-state index in [1.165, 1.54) is 11.3 Å². The molecule has 25 heavy (non-hydrogen) atoms. The molecule has 0 spiro atoms. The number of nitrogens with zero attached hydrogens (tertiary/aromatic N) is 4. The van der Waals surface area contributed by atoms with Gasteiger partial charge in [0.15, 0.2) is 5.69 Å². The second-order valence-corrected chi connectivity index (χ2v) is 6.83. The first-order valence-electron chi connectivity index (χ1n) is 8.14. The number of nitrogens with one attached hydrogen (secondary N) is 2. The first kappa shape index (κ1) is 15.9. The van der Waals surface area contributed by atoms with Crippen LogP contribution in [0.2, 0.25) is 0 Å². The summed E-state index contributed by atoms with van der Waals surface area (Å²) < 4.78 is 0.830. The summed E-state index contributed by atoms with van der Waals surface area (Å²) in [5.41, 5.74) is 2.29. The predicted octanol–water partition coefficient (Wildman–Crippen LogP) is 2.26. The van der Waals surface area contributed by atoms with Crippen molar-refractivity contribution in [3.05, 3.63) is 47.2 Å². The molecule has 0 bridgehead atoms. The minimum atomic E-state index is -0.0584. The molecule has 0 aliphatic carbocycles. The maximum atomic E-state index is 12.8. The van der Waals surface area contributed by atoms with Crippen LogP contribution in [0.1, 0.15) is 29.0 Å². The number of hydrogen-bond acceptors (Lipinski definition) is 7. The number of thiophene rings is 1. The van der Waals surface area contributed by atoms with Crippen LogP contribution in [0, 0.1) is 0 Å². The van der Waals surface area contributed by atoms with Gasteiger partial charge in [0, 0.05) is 25.5 Å². The average Bonchev–Trinajstić information content (AvgIpc) is 3.33. The van der Waals surface area contributed by atoms with Crippen LogP contribution in [0.3, 0.4) is 0 Å². The monoisotopic (exact) mass is 354 g/mol. The topological polar surface area (TPSA) is 83.0 Å². The van der Waals surface area contributed by atoms with Gasteiger partial charge in [-0.3, -0.25) is 15.1 Å².